The summed E-state index contributed by atoms with van der Waals surface area (Å²) in [6.07, 6.45) is -7.30. The number of phenolic OH excluding ortho intramolecular Hbond substituents is 1. The van der Waals surface area contributed by atoms with E-state index in [1.54, 1.807) is 44.5 Å². The van der Waals surface area contributed by atoms with Gasteiger partial charge in [-0.3, -0.25) is 14.4 Å². The van der Waals surface area contributed by atoms with Gasteiger partial charge in [0, 0.05) is 69.7 Å². The zero-order valence-corrected chi connectivity index (χ0v) is 70.5. The molecule has 7 aromatic carbocycles. The standard InChI is InChI=1S/C22H27F3O2S.C20H23F3O2S.C12H18O2.C10H12O2S.C8H14O3.C7H5F3O.C5H12O2.2CO2/c1-4-12-26-21-11-10-20(13-16(21)3)28-15-17(5-2)14-27-19-8-6-18(7-9-19)22(23,24)25;1-4-15(13-26-18-9-10-19(24-3)14(2)11-18)12-25-17-7-5-16(6-8-17)20(21,22)23;1-3-11(8-13)9-14-12-6-4-10(2)5-7-12;1-7-5-9(13)3-4-10(7)12-6-8(2)11;1-4-7(6(3)9)8(10)11-5-2;8-7(9,10)5-1-3-6(11)4-2-5;1-2-5(3-6)4-7;2*2-1-3/h6-11,13,17H,4-5,12,14-15H2,1-3H3;5-11,15H,4,12-13H2,1-3H3;4-7,11,13H,3,8-9H2,1-2H3;3-5,13H,6H2,1-2H3;7H,4-5H2,1-3H3;1-4,11H;5-7H,2-4H2,1H3;;. The van der Waals surface area contributed by atoms with Crippen LogP contribution in [0.1, 0.15) is 140 Å². The van der Waals surface area contributed by atoms with Gasteiger partial charge >= 0.3 is 36.8 Å². The number of phenols is 1. The van der Waals surface area contributed by atoms with Crippen molar-refractivity contribution in [3.05, 3.63) is 191 Å². The van der Waals surface area contributed by atoms with Crippen LogP contribution in [0.25, 0.3) is 0 Å². The lowest BCUT2D eigenvalue weighted by Gasteiger charge is -2.17. The summed E-state index contributed by atoms with van der Waals surface area (Å²) in [5, 5.41) is 34.4. The maximum atomic E-state index is 12.6. The third-order valence-corrected chi connectivity index (χ3v) is 18.9. The average molecular weight is 1700 g/mol. The van der Waals surface area contributed by atoms with Crippen LogP contribution in [-0.2, 0) is 56.8 Å². The number of thioether (sulfide) groups is 2. The molecule has 0 fully saturated rings. The van der Waals surface area contributed by atoms with Gasteiger partial charge in [0.25, 0.3) is 0 Å². The normalized spacial score (nSPS) is 11.5. The van der Waals surface area contributed by atoms with Crippen molar-refractivity contribution in [3.63, 3.8) is 0 Å². The molecule has 0 spiro atoms. The molecule has 0 saturated carbocycles. The number of ketones is 2. The largest absolute Gasteiger partial charge is 0.508 e. The van der Waals surface area contributed by atoms with E-state index in [0.29, 0.717) is 62.8 Å². The summed E-state index contributed by atoms with van der Waals surface area (Å²) in [4.78, 5) is 68.2. The Morgan fingerprint density at radius 3 is 1.12 bits per heavy atom. The van der Waals surface area contributed by atoms with Crippen LogP contribution in [0.3, 0.4) is 0 Å². The van der Waals surface area contributed by atoms with Gasteiger partial charge in [0.2, 0.25) is 0 Å². The SMILES string of the molecule is CC(=O)COc1ccc(S)cc1C.CCC(CO)CO.CCC(CO)COc1ccc(C)cc1.CCC(COc1ccc(C(F)(F)F)cc1)CSc1ccc(OC)c(C)c1.CCCOc1ccc(SCC(CC)COc2ccc(C(F)(F)F)cc2)cc1C.CCOC(=O)C(CC)C(C)=O.O=C=O.O=C=O.Oc1ccc(C(F)(F)F)cc1. The fourth-order valence-electron chi connectivity index (χ4n) is 8.88. The molecule has 0 aliphatic heterocycles. The van der Waals surface area contributed by atoms with Crippen molar-refractivity contribution in [3.8, 4) is 40.2 Å². The summed E-state index contributed by atoms with van der Waals surface area (Å²) < 4.78 is 149. The third kappa shape index (κ3) is 49.8. The molecule has 644 valence electrons. The monoisotopic (exact) mass is 1700 g/mol. The lowest BCUT2D eigenvalue weighted by Crippen LogP contribution is -2.23. The number of rotatable bonds is 33. The van der Waals surface area contributed by atoms with Crippen LogP contribution < -0.4 is 28.4 Å². The topological polar surface area (TPSA) is 265 Å². The maximum absolute atomic E-state index is 12.6. The van der Waals surface area contributed by atoms with E-state index in [1.807, 2.05) is 95.3 Å². The summed E-state index contributed by atoms with van der Waals surface area (Å²) in [7, 11) is 1.65. The minimum Gasteiger partial charge on any atom is -0.508 e. The number of aryl methyl sites for hydroxylation is 4. The van der Waals surface area contributed by atoms with Crippen LogP contribution in [0.15, 0.2) is 166 Å². The van der Waals surface area contributed by atoms with Crippen LogP contribution in [0.5, 0.6) is 40.2 Å². The number of hydrogen-bond acceptors (Lipinski definition) is 21. The van der Waals surface area contributed by atoms with Crippen LogP contribution in [-0.4, -0.2) is 128 Å². The number of esters is 1. The number of thiol groups is 1. The van der Waals surface area contributed by atoms with Crippen molar-refractivity contribution in [2.45, 2.75) is 162 Å². The number of Topliss-reactive ketones (excluding diaryl/α,β-unsaturated/α-hetero) is 2. The average Bonchev–Trinajstić information content (AvgIpc) is 0.862. The molecule has 4 unspecified atom stereocenters. The summed E-state index contributed by atoms with van der Waals surface area (Å²) >= 11 is 7.69. The van der Waals surface area contributed by atoms with Gasteiger partial charge in [0.1, 0.15) is 58.6 Å². The number of benzene rings is 7. The molecule has 116 heavy (non-hydrogen) atoms. The molecule has 0 aliphatic rings. The minimum absolute atomic E-state index is 0.0225. The van der Waals surface area contributed by atoms with Gasteiger partial charge < -0.3 is 53.6 Å². The van der Waals surface area contributed by atoms with Gasteiger partial charge in [-0.15, -0.1) is 36.2 Å². The third-order valence-electron chi connectivity index (χ3n) is 16.1. The van der Waals surface area contributed by atoms with E-state index in [9.17, 15) is 53.9 Å². The Balaban J connectivity index is 0. The van der Waals surface area contributed by atoms with Crippen LogP contribution in [0.2, 0.25) is 0 Å². The Labute approximate surface area is 689 Å². The molecule has 4 atom stereocenters. The molecule has 0 amide bonds. The second-order valence-corrected chi connectivity index (χ2v) is 28.1. The summed E-state index contributed by atoms with van der Waals surface area (Å²) in [6, 6.07) is 39.1. The van der Waals surface area contributed by atoms with Crippen molar-refractivity contribution in [1.82, 2.24) is 0 Å². The number of halogens is 9. The van der Waals surface area contributed by atoms with E-state index in [1.165, 1.54) is 48.6 Å². The highest BCUT2D eigenvalue weighted by Gasteiger charge is 2.32. The summed E-state index contributed by atoms with van der Waals surface area (Å²) in [5.41, 5.74) is 2.35. The molecule has 0 heterocycles. The van der Waals surface area contributed by atoms with E-state index in [2.05, 4.69) is 58.5 Å². The number of alkyl halides is 9. The van der Waals surface area contributed by atoms with Gasteiger partial charge in [0.15, 0.2) is 5.78 Å². The van der Waals surface area contributed by atoms with Gasteiger partial charge in [-0.2, -0.15) is 58.7 Å². The van der Waals surface area contributed by atoms with Crippen molar-refractivity contribution < 1.29 is 127 Å². The van der Waals surface area contributed by atoms with Crippen LogP contribution in [0.4, 0.5) is 39.5 Å². The molecule has 7 rings (SSSR count). The molecule has 0 aromatic heterocycles. The fraction of sp³-hybridized carbons (Fsp3) is 0.453. The number of carbonyl (C=O) groups excluding carboxylic acids is 7. The van der Waals surface area contributed by atoms with Crippen molar-refractivity contribution >= 4 is 66.0 Å². The van der Waals surface area contributed by atoms with E-state index in [4.69, 9.17) is 72.8 Å². The Bertz CT molecular complexity index is 3850. The van der Waals surface area contributed by atoms with Gasteiger partial charge in [-0.1, -0.05) is 59.2 Å². The predicted molar refractivity (Wildman–Crippen MR) is 432 cm³/mol. The van der Waals surface area contributed by atoms with Crippen molar-refractivity contribution in [2.24, 2.45) is 29.6 Å². The first kappa shape index (κ1) is 109. The van der Waals surface area contributed by atoms with Crippen molar-refractivity contribution in [2.75, 3.05) is 78.1 Å². The summed E-state index contributed by atoms with van der Waals surface area (Å²) in [6.45, 7) is 27.8. The number of carbonyl (C=O) groups is 3. The highest BCUT2D eigenvalue weighted by atomic mass is 32.2. The number of aliphatic hydroxyl groups is 3. The maximum Gasteiger partial charge on any atom is 0.416 e. The summed E-state index contributed by atoms with van der Waals surface area (Å²) in [5.74, 6) is 5.83. The van der Waals surface area contributed by atoms with E-state index < -0.39 is 47.1 Å². The molecule has 0 aliphatic carbocycles. The zero-order chi connectivity index (χ0) is 88.4. The molecule has 18 nitrogen and oxygen atoms in total. The highest BCUT2D eigenvalue weighted by Crippen LogP contribution is 2.35. The fourth-order valence-corrected chi connectivity index (χ4v) is 11.5. The number of aliphatic hydroxyl groups excluding tert-OH is 3. The van der Waals surface area contributed by atoms with Crippen molar-refractivity contribution in [1.29, 1.82) is 0 Å². The Hall–Kier alpha value is -8.99. The first-order chi connectivity index (χ1) is 54.8. The quantitative estimate of drug-likeness (QED) is 0.00841. The minimum atomic E-state index is -4.33. The molecule has 0 bridgehead atoms. The second-order valence-electron chi connectivity index (χ2n) is 25.4. The molecule has 7 aromatic rings. The number of methoxy groups -OCH3 is 1. The Morgan fingerprint density at radius 2 is 0.810 bits per heavy atom. The van der Waals surface area contributed by atoms with E-state index in [0.717, 1.165) is 142 Å². The molecular weight excluding hydrogens is 1590 g/mol. The first-order valence-electron chi connectivity index (χ1n) is 37.0. The predicted octanol–water partition coefficient (Wildman–Crippen LogP) is 20.3. The lowest BCUT2D eigenvalue weighted by molar-refractivity contribution is -0.193. The Morgan fingerprint density at radius 1 is 0.457 bits per heavy atom. The molecule has 0 saturated heterocycles. The van der Waals surface area contributed by atoms with Gasteiger partial charge in [-0.05, 0) is 243 Å². The highest BCUT2D eigenvalue weighted by molar-refractivity contribution is 7.99. The second kappa shape index (κ2) is 62.3. The number of aromatic hydroxyl groups is 1. The van der Waals surface area contributed by atoms with Gasteiger partial charge in [-0.25, -0.2) is 0 Å². The molecule has 0 radical (unpaired) electrons. The number of hydrogen-bond donors (Lipinski definition) is 5. The molecule has 4 N–H and O–H groups in total. The number of ether oxygens (including phenoxy) is 7. The van der Waals surface area contributed by atoms with Gasteiger partial charge in [0.05, 0.1) is 56.8 Å². The van der Waals surface area contributed by atoms with Crippen LogP contribution in [0, 0.1) is 57.3 Å². The van der Waals surface area contributed by atoms with E-state index in [-0.39, 0.29) is 67.9 Å². The smallest absolute Gasteiger partial charge is 0.416 e. The van der Waals surface area contributed by atoms with Crippen LogP contribution >= 0.6 is 36.2 Å². The molecular formula is C86H111F9O18S3. The molecule has 30 heteroatoms. The zero-order valence-electron chi connectivity index (χ0n) is 68.0. The van der Waals surface area contributed by atoms with E-state index >= 15 is 0 Å². The lowest BCUT2D eigenvalue weighted by atomic mass is 10.0. The Kier molecular flexibility index (Phi) is 58.5. The first-order valence-corrected chi connectivity index (χ1v) is 39.4.